The van der Waals surface area contributed by atoms with Crippen LogP contribution in [-0.2, 0) is 0 Å². The van der Waals surface area contributed by atoms with Crippen molar-refractivity contribution in [2.75, 3.05) is 0 Å². The zero-order chi connectivity index (χ0) is 15.7. The molecule has 0 radical (unpaired) electrons. The van der Waals surface area contributed by atoms with Crippen LogP contribution in [0.4, 0.5) is 0 Å². The van der Waals surface area contributed by atoms with Gasteiger partial charge in [0.15, 0.2) is 11.5 Å². The van der Waals surface area contributed by atoms with Crippen LogP contribution in [0, 0.1) is 0 Å². The Bertz CT molecular complexity index is 751. The lowest BCUT2D eigenvalue weighted by Gasteiger charge is -2.30. The lowest BCUT2D eigenvalue weighted by atomic mass is 9.98. The second-order valence-electron chi connectivity index (χ2n) is 5.71. The first-order valence-corrected chi connectivity index (χ1v) is 7.48. The molecule has 0 saturated heterocycles. The Kier molecular flexibility index (Phi) is 3.75. The Balaban J connectivity index is 1.95. The lowest BCUT2D eigenvalue weighted by Crippen LogP contribution is -2.32. The number of hydrogen-bond donors (Lipinski definition) is 0. The second-order valence-corrected chi connectivity index (χ2v) is 6.15. The van der Waals surface area contributed by atoms with E-state index in [1.807, 2.05) is 50.2 Å². The molecule has 2 aromatic carbocycles. The van der Waals surface area contributed by atoms with Gasteiger partial charge >= 0.3 is 0 Å². The van der Waals surface area contributed by atoms with Gasteiger partial charge in [0.1, 0.15) is 5.75 Å². The van der Waals surface area contributed by atoms with Crippen LogP contribution in [-0.4, -0.2) is 17.2 Å². The molecular formula is C18H16ClNO2. The molecule has 0 saturated carbocycles. The standard InChI is InChI=1S/C18H16ClNO2/c1-18(2)20-15(11-16(21)12-6-4-3-5-7-12)14-9-8-13(19)10-17(14)22-18/h3-10H,11H2,1-2H3. The number of aliphatic imine (C=N–C) groups is 1. The first-order valence-electron chi connectivity index (χ1n) is 7.10. The number of ether oxygens (including phenoxy) is 1. The van der Waals surface area contributed by atoms with E-state index in [1.54, 1.807) is 12.1 Å². The van der Waals surface area contributed by atoms with Crippen LogP contribution < -0.4 is 4.74 Å². The molecule has 0 N–H and O–H groups in total. The average Bonchev–Trinajstić information content (AvgIpc) is 2.46. The summed E-state index contributed by atoms with van der Waals surface area (Å²) in [5.74, 6) is 0.710. The highest BCUT2D eigenvalue weighted by molar-refractivity contribution is 6.31. The summed E-state index contributed by atoms with van der Waals surface area (Å²) >= 11 is 6.03. The molecule has 0 amide bonds. The van der Waals surface area contributed by atoms with Gasteiger partial charge in [0.25, 0.3) is 0 Å². The maximum atomic E-state index is 12.5. The lowest BCUT2D eigenvalue weighted by molar-refractivity contribution is 0.0994. The Labute approximate surface area is 134 Å². The minimum atomic E-state index is -0.704. The quantitative estimate of drug-likeness (QED) is 0.781. The molecule has 0 unspecified atom stereocenters. The molecule has 0 spiro atoms. The molecule has 0 aliphatic carbocycles. The predicted molar refractivity (Wildman–Crippen MR) is 88.1 cm³/mol. The average molecular weight is 314 g/mol. The van der Waals surface area contributed by atoms with E-state index in [2.05, 4.69) is 4.99 Å². The zero-order valence-corrected chi connectivity index (χ0v) is 13.2. The molecule has 1 aliphatic heterocycles. The summed E-state index contributed by atoms with van der Waals surface area (Å²) in [4.78, 5) is 17.0. The van der Waals surface area contributed by atoms with Crippen LogP contribution >= 0.6 is 11.6 Å². The molecular weight excluding hydrogens is 298 g/mol. The highest BCUT2D eigenvalue weighted by atomic mass is 35.5. The molecule has 3 rings (SSSR count). The summed E-state index contributed by atoms with van der Waals surface area (Å²) in [5, 5.41) is 0.602. The van der Waals surface area contributed by atoms with Gasteiger partial charge in [-0.1, -0.05) is 41.9 Å². The van der Waals surface area contributed by atoms with Crippen molar-refractivity contribution in [1.29, 1.82) is 0 Å². The normalized spacial score (nSPS) is 15.5. The maximum absolute atomic E-state index is 12.5. The van der Waals surface area contributed by atoms with Crippen molar-refractivity contribution in [3.05, 3.63) is 64.7 Å². The molecule has 0 aromatic heterocycles. The first-order chi connectivity index (χ1) is 10.4. The number of fused-ring (bicyclic) bond motifs is 1. The fourth-order valence-electron chi connectivity index (χ4n) is 2.51. The molecule has 2 aromatic rings. The Morgan fingerprint density at radius 1 is 1.18 bits per heavy atom. The smallest absolute Gasteiger partial charge is 0.194 e. The summed E-state index contributed by atoms with van der Waals surface area (Å²) in [6, 6.07) is 14.6. The molecule has 0 bridgehead atoms. The van der Waals surface area contributed by atoms with Crippen LogP contribution in [0.15, 0.2) is 53.5 Å². The fourth-order valence-corrected chi connectivity index (χ4v) is 2.67. The van der Waals surface area contributed by atoms with Crippen molar-refractivity contribution in [2.24, 2.45) is 4.99 Å². The van der Waals surface area contributed by atoms with Crippen LogP contribution in [0.5, 0.6) is 5.75 Å². The van der Waals surface area contributed by atoms with Crippen molar-refractivity contribution in [1.82, 2.24) is 0 Å². The minimum Gasteiger partial charge on any atom is -0.466 e. The van der Waals surface area contributed by atoms with E-state index in [0.717, 1.165) is 11.3 Å². The van der Waals surface area contributed by atoms with E-state index in [1.165, 1.54) is 0 Å². The van der Waals surface area contributed by atoms with Gasteiger partial charge in [0.05, 0.1) is 12.1 Å². The summed E-state index contributed by atoms with van der Waals surface area (Å²) in [5.41, 5.74) is 1.54. The zero-order valence-electron chi connectivity index (χ0n) is 12.5. The molecule has 22 heavy (non-hydrogen) atoms. The third-order valence-electron chi connectivity index (χ3n) is 3.44. The topological polar surface area (TPSA) is 38.7 Å². The molecule has 4 heteroatoms. The van der Waals surface area contributed by atoms with E-state index < -0.39 is 5.72 Å². The third-order valence-corrected chi connectivity index (χ3v) is 3.68. The van der Waals surface area contributed by atoms with E-state index in [9.17, 15) is 4.79 Å². The third kappa shape index (κ3) is 3.04. The van der Waals surface area contributed by atoms with Crippen molar-refractivity contribution in [3.63, 3.8) is 0 Å². The van der Waals surface area contributed by atoms with Crippen molar-refractivity contribution in [3.8, 4) is 5.75 Å². The molecule has 112 valence electrons. The summed E-state index contributed by atoms with van der Waals surface area (Å²) in [6.45, 7) is 3.73. The maximum Gasteiger partial charge on any atom is 0.194 e. The number of benzene rings is 2. The number of halogens is 1. The highest BCUT2D eigenvalue weighted by Crippen LogP contribution is 2.33. The summed E-state index contributed by atoms with van der Waals surface area (Å²) < 4.78 is 5.83. The van der Waals surface area contributed by atoms with Gasteiger partial charge in [-0.3, -0.25) is 4.79 Å². The number of ketones is 1. The van der Waals surface area contributed by atoms with E-state index in [-0.39, 0.29) is 12.2 Å². The van der Waals surface area contributed by atoms with Gasteiger partial charge in [0, 0.05) is 16.1 Å². The minimum absolute atomic E-state index is 0.0398. The van der Waals surface area contributed by atoms with Gasteiger partial charge in [-0.15, -0.1) is 0 Å². The molecule has 3 nitrogen and oxygen atoms in total. The first kappa shape index (κ1) is 14.8. The number of carbonyl (C=O) groups excluding carboxylic acids is 1. The van der Waals surface area contributed by atoms with E-state index in [0.29, 0.717) is 16.3 Å². The van der Waals surface area contributed by atoms with Gasteiger partial charge in [0.2, 0.25) is 0 Å². The molecule has 1 heterocycles. The summed E-state index contributed by atoms with van der Waals surface area (Å²) in [6.07, 6.45) is 0.242. The largest absolute Gasteiger partial charge is 0.466 e. The van der Waals surface area contributed by atoms with Gasteiger partial charge in [-0.25, -0.2) is 4.99 Å². The van der Waals surface area contributed by atoms with Crippen LogP contribution in [0.2, 0.25) is 5.02 Å². The van der Waals surface area contributed by atoms with E-state index in [4.69, 9.17) is 16.3 Å². The van der Waals surface area contributed by atoms with Crippen molar-refractivity contribution < 1.29 is 9.53 Å². The second kappa shape index (κ2) is 5.58. The van der Waals surface area contributed by atoms with Crippen molar-refractivity contribution in [2.45, 2.75) is 26.0 Å². The Hall–Kier alpha value is -2.13. The molecule has 0 fully saturated rings. The van der Waals surface area contributed by atoms with Crippen LogP contribution in [0.1, 0.15) is 36.2 Å². The summed E-state index contributed by atoms with van der Waals surface area (Å²) in [7, 11) is 0. The number of hydrogen-bond acceptors (Lipinski definition) is 3. The highest BCUT2D eigenvalue weighted by Gasteiger charge is 2.29. The monoisotopic (exact) mass is 313 g/mol. The fraction of sp³-hybridized carbons (Fsp3) is 0.222. The van der Waals surface area contributed by atoms with Crippen molar-refractivity contribution >= 4 is 23.1 Å². The Morgan fingerprint density at radius 2 is 1.91 bits per heavy atom. The number of carbonyl (C=O) groups is 1. The SMILES string of the molecule is CC1(C)N=C(CC(=O)c2ccccc2)c2ccc(Cl)cc2O1. The van der Waals surface area contributed by atoms with Gasteiger partial charge in [-0.2, -0.15) is 0 Å². The van der Waals surface area contributed by atoms with Crippen LogP contribution in [0.25, 0.3) is 0 Å². The molecule has 0 atom stereocenters. The Morgan fingerprint density at radius 3 is 2.64 bits per heavy atom. The predicted octanol–water partition coefficient (Wildman–Crippen LogP) is 4.53. The van der Waals surface area contributed by atoms with E-state index >= 15 is 0 Å². The number of rotatable bonds is 3. The van der Waals surface area contributed by atoms with Gasteiger partial charge in [-0.05, 0) is 32.0 Å². The number of Topliss-reactive ketones (excluding diaryl/α,β-unsaturated/α-hetero) is 1. The number of nitrogens with zero attached hydrogens (tertiary/aromatic N) is 1. The van der Waals surface area contributed by atoms with Gasteiger partial charge < -0.3 is 4.74 Å². The van der Waals surface area contributed by atoms with Crippen LogP contribution in [0.3, 0.4) is 0 Å². The molecule has 1 aliphatic rings.